The van der Waals surface area contributed by atoms with Crippen LogP contribution < -0.4 is 11.2 Å². The Labute approximate surface area is 172 Å². The molecule has 9 nitrogen and oxygen atoms in total. The Morgan fingerprint density at radius 2 is 2.03 bits per heavy atom. The van der Waals surface area contributed by atoms with E-state index in [9.17, 15) is 9.18 Å². The maximum absolute atomic E-state index is 12.9. The molecule has 4 aromatic rings. The molecule has 0 saturated heterocycles. The highest BCUT2D eigenvalue weighted by molar-refractivity contribution is 7.98. The number of benzene rings is 1. The van der Waals surface area contributed by atoms with Crippen molar-refractivity contribution in [1.29, 1.82) is 0 Å². The van der Waals surface area contributed by atoms with Crippen molar-refractivity contribution in [2.75, 3.05) is 5.84 Å². The number of nitrogens with one attached hydrogen (secondary N) is 1. The molecular weight excluding hydrogens is 417 g/mol. The van der Waals surface area contributed by atoms with Gasteiger partial charge in [0, 0.05) is 6.54 Å². The lowest BCUT2D eigenvalue weighted by Crippen LogP contribution is -2.22. The average Bonchev–Trinajstić information content (AvgIpc) is 3.47. The minimum Gasteiger partial charge on any atom is -0.461 e. The SMILES string of the molecule is Nn1c(SCc2nnc(C(=O)NCc3ccc(F)cc3)s2)nnc1-c1ccco1. The first-order valence-electron chi connectivity index (χ1n) is 8.32. The molecule has 0 fully saturated rings. The minimum atomic E-state index is -0.342. The third-order valence-corrected chi connectivity index (χ3v) is 5.82. The molecule has 0 spiro atoms. The van der Waals surface area contributed by atoms with Gasteiger partial charge in [0.2, 0.25) is 16.0 Å². The van der Waals surface area contributed by atoms with Crippen molar-refractivity contribution in [3.63, 3.8) is 0 Å². The Morgan fingerprint density at radius 1 is 1.21 bits per heavy atom. The molecular formula is C17H14FN7O2S2. The summed E-state index contributed by atoms with van der Waals surface area (Å²) in [5.41, 5.74) is 0.787. The normalized spacial score (nSPS) is 10.9. The van der Waals surface area contributed by atoms with Crippen LogP contribution in [-0.4, -0.2) is 31.0 Å². The van der Waals surface area contributed by atoms with Crippen LogP contribution in [0.15, 0.2) is 52.2 Å². The largest absolute Gasteiger partial charge is 0.461 e. The molecule has 29 heavy (non-hydrogen) atoms. The molecule has 0 atom stereocenters. The Morgan fingerprint density at radius 3 is 2.79 bits per heavy atom. The van der Waals surface area contributed by atoms with E-state index in [-0.39, 0.29) is 23.3 Å². The van der Waals surface area contributed by atoms with Gasteiger partial charge in [-0.1, -0.05) is 35.2 Å². The summed E-state index contributed by atoms with van der Waals surface area (Å²) in [5.74, 6) is 6.70. The molecule has 148 valence electrons. The molecule has 12 heteroatoms. The highest BCUT2D eigenvalue weighted by atomic mass is 32.2. The van der Waals surface area contributed by atoms with Crippen LogP contribution >= 0.6 is 23.1 Å². The van der Waals surface area contributed by atoms with E-state index in [4.69, 9.17) is 10.3 Å². The molecule has 3 heterocycles. The number of halogens is 1. The van der Waals surface area contributed by atoms with Gasteiger partial charge in [0.1, 0.15) is 10.8 Å². The minimum absolute atomic E-state index is 0.244. The number of amides is 1. The van der Waals surface area contributed by atoms with Crippen LogP contribution in [0.5, 0.6) is 0 Å². The predicted octanol–water partition coefficient (Wildman–Crippen LogP) is 2.46. The van der Waals surface area contributed by atoms with Gasteiger partial charge in [-0.05, 0) is 29.8 Å². The summed E-state index contributed by atoms with van der Waals surface area (Å²) in [6.07, 6.45) is 1.53. The summed E-state index contributed by atoms with van der Waals surface area (Å²) >= 11 is 2.49. The number of hydrogen-bond acceptors (Lipinski definition) is 9. The number of thioether (sulfide) groups is 1. The van der Waals surface area contributed by atoms with Gasteiger partial charge in [0.25, 0.3) is 5.91 Å². The summed E-state index contributed by atoms with van der Waals surface area (Å²) in [4.78, 5) is 12.2. The highest BCUT2D eigenvalue weighted by Crippen LogP contribution is 2.25. The second-order valence-electron chi connectivity index (χ2n) is 5.75. The van der Waals surface area contributed by atoms with Crippen LogP contribution in [-0.2, 0) is 12.3 Å². The zero-order valence-electron chi connectivity index (χ0n) is 14.8. The van der Waals surface area contributed by atoms with Crippen LogP contribution in [0.4, 0.5) is 4.39 Å². The maximum Gasteiger partial charge on any atom is 0.282 e. The zero-order valence-corrected chi connectivity index (χ0v) is 16.4. The van der Waals surface area contributed by atoms with Crippen molar-refractivity contribution in [3.05, 3.63) is 64.1 Å². The van der Waals surface area contributed by atoms with Crippen molar-refractivity contribution in [2.45, 2.75) is 17.5 Å². The smallest absolute Gasteiger partial charge is 0.282 e. The molecule has 0 radical (unpaired) electrons. The standard InChI is InChI=1S/C17H14FN7O2S2/c18-11-5-3-10(4-6-11)8-20-15(26)16-23-21-13(29-16)9-28-17-24-22-14(25(17)19)12-2-1-7-27-12/h1-7H,8-9,19H2,(H,20,26). The summed E-state index contributed by atoms with van der Waals surface area (Å²) in [6, 6.07) is 9.38. The van der Waals surface area contributed by atoms with Crippen LogP contribution in [0.3, 0.4) is 0 Å². The maximum atomic E-state index is 12.9. The summed E-state index contributed by atoms with van der Waals surface area (Å²) in [5, 5.41) is 20.1. The van der Waals surface area contributed by atoms with Gasteiger partial charge >= 0.3 is 0 Å². The van der Waals surface area contributed by atoms with Gasteiger partial charge in [-0.15, -0.1) is 20.4 Å². The van der Waals surface area contributed by atoms with Gasteiger partial charge in [0.05, 0.1) is 12.0 Å². The number of aromatic nitrogens is 5. The number of carbonyl (C=O) groups excluding carboxylic acids is 1. The fourth-order valence-electron chi connectivity index (χ4n) is 2.34. The molecule has 0 aliphatic rings. The number of nitrogens with zero attached hydrogens (tertiary/aromatic N) is 5. The topological polar surface area (TPSA) is 125 Å². The zero-order chi connectivity index (χ0) is 20.2. The van der Waals surface area contributed by atoms with Gasteiger partial charge in [-0.25, -0.2) is 9.07 Å². The quantitative estimate of drug-likeness (QED) is 0.338. The van der Waals surface area contributed by atoms with Crippen LogP contribution in [0, 0.1) is 5.82 Å². The van der Waals surface area contributed by atoms with Crippen molar-refractivity contribution < 1.29 is 13.6 Å². The lowest BCUT2D eigenvalue weighted by Gasteiger charge is -2.02. The first kappa shape index (κ1) is 19.1. The Kier molecular flexibility index (Phi) is 5.53. The van der Waals surface area contributed by atoms with Gasteiger partial charge in [-0.3, -0.25) is 4.79 Å². The second-order valence-corrected chi connectivity index (χ2v) is 7.76. The molecule has 0 saturated carbocycles. The lowest BCUT2D eigenvalue weighted by molar-refractivity contribution is 0.0950. The monoisotopic (exact) mass is 431 g/mol. The highest BCUT2D eigenvalue weighted by Gasteiger charge is 2.17. The summed E-state index contributed by atoms with van der Waals surface area (Å²) < 4.78 is 19.5. The van der Waals surface area contributed by atoms with E-state index in [0.717, 1.165) is 5.56 Å². The van der Waals surface area contributed by atoms with Crippen LogP contribution in [0.1, 0.15) is 20.4 Å². The number of carbonyl (C=O) groups is 1. The van der Waals surface area contributed by atoms with E-state index in [1.165, 1.54) is 46.2 Å². The fourth-order valence-corrected chi connectivity index (χ4v) is 3.94. The molecule has 0 aliphatic heterocycles. The molecule has 4 rings (SSSR count). The lowest BCUT2D eigenvalue weighted by atomic mass is 10.2. The third-order valence-electron chi connectivity index (χ3n) is 3.76. The van der Waals surface area contributed by atoms with Gasteiger partial charge in [0.15, 0.2) is 5.76 Å². The van der Waals surface area contributed by atoms with Gasteiger partial charge in [-0.2, -0.15) is 0 Å². The number of rotatable bonds is 7. The summed E-state index contributed by atoms with van der Waals surface area (Å²) in [7, 11) is 0. The second kappa shape index (κ2) is 8.41. The number of hydrogen-bond donors (Lipinski definition) is 2. The van der Waals surface area contributed by atoms with E-state index in [1.54, 1.807) is 24.3 Å². The van der Waals surface area contributed by atoms with E-state index in [2.05, 4.69) is 25.7 Å². The summed E-state index contributed by atoms with van der Waals surface area (Å²) in [6.45, 7) is 0.272. The number of nitrogen functional groups attached to an aromatic ring is 1. The molecule has 3 N–H and O–H groups in total. The van der Waals surface area contributed by atoms with E-state index < -0.39 is 0 Å². The Balaban J connectivity index is 1.33. The van der Waals surface area contributed by atoms with E-state index >= 15 is 0 Å². The number of nitrogens with two attached hydrogens (primary N) is 1. The number of furan rings is 1. The molecule has 1 aromatic carbocycles. The van der Waals surface area contributed by atoms with E-state index in [1.807, 2.05) is 0 Å². The Bertz CT molecular complexity index is 1110. The van der Waals surface area contributed by atoms with E-state index in [0.29, 0.717) is 27.5 Å². The first-order chi connectivity index (χ1) is 14.1. The van der Waals surface area contributed by atoms with Gasteiger partial charge < -0.3 is 15.6 Å². The molecule has 1 amide bonds. The van der Waals surface area contributed by atoms with Crippen molar-refractivity contribution in [2.24, 2.45) is 0 Å². The molecule has 3 aromatic heterocycles. The fraction of sp³-hybridized carbons (Fsp3) is 0.118. The third kappa shape index (κ3) is 4.43. The van der Waals surface area contributed by atoms with Crippen molar-refractivity contribution >= 4 is 29.0 Å². The molecule has 0 unspecified atom stereocenters. The van der Waals surface area contributed by atoms with Crippen molar-refractivity contribution in [1.82, 2.24) is 30.4 Å². The van der Waals surface area contributed by atoms with Crippen LogP contribution in [0.25, 0.3) is 11.6 Å². The predicted molar refractivity (Wildman–Crippen MR) is 105 cm³/mol. The molecule has 0 aliphatic carbocycles. The van der Waals surface area contributed by atoms with Crippen molar-refractivity contribution in [3.8, 4) is 11.6 Å². The first-order valence-corrected chi connectivity index (χ1v) is 10.1. The molecule has 0 bridgehead atoms. The van der Waals surface area contributed by atoms with Crippen LogP contribution in [0.2, 0.25) is 0 Å². The Hall–Kier alpha value is -3.25. The average molecular weight is 431 g/mol.